The number of aromatic nitrogens is 4. The fourth-order valence-electron chi connectivity index (χ4n) is 2.42. The number of rotatable bonds is 5. The minimum absolute atomic E-state index is 0.0550. The molecule has 0 radical (unpaired) electrons. The Labute approximate surface area is 133 Å². The molecule has 8 heteroatoms. The van der Waals surface area contributed by atoms with Gasteiger partial charge in [-0.1, -0.05) is 6.92 Å². The minimum atomic E-state index is -0.587. The lowest BCUT2D eigenvalue weighted by atomic mass is 10.1. The van der Waals surface area contributed by atoms with Gasteiger partial charge in [-0.2, -0.15) is 5.26 Å². The Morgan fingerprint density at radius 1 is 1.35 bits per heavy atom. The molecule has 0 spiro atoms. The maximum Gasteiger partial charge on any atom is 0.332 e. The predicted octanol–water partition coefficient (Wildman–Crippen LogP) is 0.209. The lowest BCUT2D eigenvalue weighted by Gasteiger charge is -2.18. The summed E-state index contributed by atoms with van der Waals surface area (Å²) in [5.74, 6) is 1.40. The molecule has 0 bridgehead atoms. The molecule has 122 valence electrons. The highest BCUT2D eigenvalue weighted by Gasteiger charge is 2.16. The van der Waals surface area contributed by atoms with Gasteiger partial charge in [-0.3, -0.25) is 13.9 Å². The Hall–Kier alpha value is -2.82. The van der Waals surface area contributed by atoms with E-state index in [2.05, 4.69) is 10.3 Å². The Kier molecular flexibility index (Phi) is 4.69. The van der Waals surface area contributed by atoms with Crippen LogP contribution in [-0.4, -0.2) is 25.2 Å². The molecule has 2 rings (SSSR count). The first kappa shape index (κ1) is 16.5. The predicted molar refractivity (Wildman–Crippen MR) is 86.3 cm³/mol. The standard InChI is InChI=1S/C15H20N6O2/c1-10(9-21-6-5-17-11(21)2)8-18-13-12(7-16)14(22)20(4)15(23)19(13)3/h5-6,10,18H,8-9H2,1-4H3/t10-/m1/s1. The van der Waals surface area contributed by atoms with Crippen LogP contribution in [0.1, 0.15) is 18.3 Å². The summed E-state index contributed by atoms with van der Waals surface area (Å²) in [4.78, 5) is 28.2. The summed E-state index contributed by atoms with van der Waals surface area (Å²) in [5, 5.41) is 12.3. The lowest BCUT2D eigenvalue weighted by molar-refractivity contribution is 0.493. The second kappa shape index (κ2) is 6.52. The number of aryl methyl sites for hydroxylation is 1. The number of hydrogen-bond donors (Lipinski definition) is 1. The Morgan fingerprint density at radius 2 is 2.04 bits per heavy atom. The van der Waals surface area contributed by atoms with Gasteiger partial charge >= 0.3 is 5.69 Å². The molecule has 2 aromatic heterocycles. The van der Waals surface area contributed by atoms with Crippen molar-refractivity contribution in [1.29, 1.82) is 5.26 Å². The average Bonchev–Trinajstić information content (AvgIpc) is 2.92. The average molecular weight is 316 g/mol. The summed E-state index contributed by atoms with van der Waals surface area (Å²) in [6, 6.07) is 1.88. The van der Waals surface area contributed by atoms with E-state index in [1.807, 2.05) is 30.7 Å². The summed E-state index contributed by atoms with van der Waals surface area (Å²) in [6.07, 6.45) is 3.65. The highest BCUT2D eigenvalue weighted by Crippen LogP contribution is 2.10. The number of nitrogens with one attached hydrogen (secondary N) is 1. The van der Waals surface area contributed by atoms with Gasteiger partial charge in [-0.05, 0) is 12.8 Å². The van der Waals surface area contributed by atoms with E-state index in [0.29, 0.717) is 6.54 Å². The van der Waals surface area contributed by atoms with Crippen molar-refractivity contribution in [2.75, 3.05) is 11.9 Å². The Morgan fingerprint density at radius 3 is 2.61 bits per heavy atom. The van der Waals surface area contributed by atoms with Crippen molar-refractivity contribution in [2.45, 2.75) is 20.4 Å². The van der Waals surface area contributed by atoms with Gasteiger partial charge in [0.25, 0.3) is 5.56 Å². The smallest absolute Gasteiger partial charge is 0.332 e. The third-order valence-corrected chi connectivity index (χ3v) is 3.83. The van der Waals surface area contributed by atoms with Crippen molar-refractivity contribution < 1.29 is 0 Å². The van der Waals surface area contributed by atoms with Gasteiger partial charge < -0.3 is 9.88 Å². The van der Waals surface area contributed by atoms with E-state index < -0.39 is 11.2 Å². The molecule has 23 heavy (non-hydrogen) atoms. The second-order valence-corrected chi connectivity index (χ2v) is 5.65. The van der Waals surface area contributed by atoms with Gasteiger partial charge in [0.15, 0.2) is 5.56 Å². The molecular formula is C15H20N6O2. The molecule has 2 heterocycles. The zero-order valence-corrected chi connectivity index (χ0v) is 13.7. The van der Waals surface area contributed by atoms with E-state index >= 15 is 0 Å². The zero-order valence-electron chi connectivity index (χ0n) is 13.7. The van der Waals surface area contributed by atoms with Gasteiger partial charge in [0.1, 0.15) is 17.7 Å². The number of nitriles is 1. The summed E-state index contributed by atoms with van der Waals surface area (Å²) in [6.45, 7) is 5.24. The monoisotopic (exact) mass is 316 g/mol. The van der Waals surface area contributed by atoms with Crippen molar-refractivity contribution in [3.63, 3.8) is 0 Å². The molecule has 0 aliphatic carbocycles. The summed E-state index contributed by atoms with van der Waals surface area (Å²) in [7, 11) is 2.90. The van der Waals surface area contributed by atoms with Crippen LogP contribution in [0.2, 0.25) is 0 Å². The van der Waals surface area contributed by atoms with Gasteiger partial charge in [0.2, 0.25) is 0 Å². The summed E-state index contributed by atoms with van der Waals surface area (Å²) >= 11 is 0. The largest absolute Gasteiger partial charge is 0.370 e. The second-order valence-electron chi connectivity index (χ2n) is 5.65. The van der Waals surface area contributed by atoms with Gasteiger partial charge in [-0.15, -0.1) is 0 Å². The quantitative estimate of drug-likeness (QED) is 0.850. The first-order chi connectivity index (χ1) is 10.9. The Bertz CT molecular complexity index is 868. The van der Waals surface area contributed by atoms with Crippen LogP contribution in [0.15, 0.2) is 22.0 Å². The van der Waals surface area contributed by atoms with Crippen LogP contribution in [0.25, 0.3) is 0 Å². The van der Waals surface area contributed by atoms with Gasteiger partial charge in [-0.25, -0.2) is 9.78 Å². The minimum Gasteiger partial charge on any atom is -0.370 e. The Balaban J connectivity index is 2.21. The SMILES string of the molecule is Cc1nccn1C[C@H](C)CNc1c(C#N)c(=O)n(C)c(=O)n1C. The van der Waals surface area contributed by atoms with E-state index in [9.17, 15) is 14.9 Å². The van der Waals surface area contributed by atoms with E-state index in [1.54, 1.807) is 6.20 Å². The van der Waals surface area contributed by atoms with E-state index in [1.165, 1.54) is 18.7 Å². The molecule has 8 nitrogen and oxygen atoms in total. The molecule has 0 unspecified atom stereocenters. The zero-order chi connectivity index (χ0) is 17.1. The van der Waals surface area contributed by atoms with Crippen molar-refractivity contribution in [3.8, 4) is 6.07 Å². The van der Waals surface area contributed by atoms with E-state index in [0.717, 1.165) is 16.9 Å². The van der Waals surface area contributed by atoms with Gasteiger partial charge in [0.05, 0.1) is 0 Å². The fraction of sp³-hybridized carbons (Fsp3) is 0.467. The third kappa shape index (κ3) is 3.18. The van der Waals surface area contributed by atoms with Gasteiger partial charge in [0, 0.05) is 39.6 Å². The molecule has 0 aliphatic heterocycles. The molecule has 1 atom stereocenters. The molecular weight excluding hydrogens is 296 g/mol. The van der Waals surface area contributed by atoms with Crippen LogP contribution in [-0.2, 0) is 20.6 Å². The van der Waals surface area contributed by atoms with Crippen molar-refractivity contribution in [2.24, 2.45) is 20.0 Å². The molecule has 1 N–H and O–H groups in total. The molecule has 0 amide bonds. The maximum atomic E-state index is 12.0. The van der Waals surface area contributed by atoms with Crippen molar-refractivity contribution >= 4 is 5.82 Å². The molecule has 0 aromatic carbocycles. The first-order valence-electron chi connectivity index (χ1n) is 7.28. The number of imidazole rings is 1. The van der Waals surface area contributed by atoms with Crippen molar-refractivity contribution in [3.05, 3.63) is 44.6 Å². The maximum absolute atomic E-state index is 12.0. The summed E-state index contributed by atoms with van der Waals surface area (Å²) in [5.41, 5.74) is -1.11. The topological polar surface area (TPSA) is 97.6 Å². The van der Waals surface area contributed by atoms with Crippen molar-refractivity contribution in [1.82, 2.24) is 18.7 Å². The summed E-state index contributed by atoms with van der Waals surface area (Å²) < 4.78 is 4.25. The van der Waals surface area contributed by atoms with Crippen LogP contribution in [0.3, 0.4) is 0 Å². The normalized spacial score (nSPS) is 12.0. The lowest BCUT2D eigenvalue weighted by Crippen LogP contribution is -2.40. The van der Waals surface area contributed by atoms with Crippen LogP contribution >= 0.6 is 0 Å². The molecule has 0 saturated heterocycles. The number of hydrogen-bond acceptors (Lipinski definition) is 5. The van der Waals surface area contributed by atoms with Crippen LogP contribution in [0.5, 0.6) is 0 Å². The molecule has 0 fully saturated rings. The van der Waals surface area contributed by atoms with Crippen LogP contribution < -0.4 is 16.6 Å². The highest BCUT2D eigenvalue weighted by atomic mass is 16.2. The molecule has 2 aromatic rings. The molecule has 0 aliphatic rings. The van der Waals surface area contributed by atoms with E-state index in [4.69, 9.17) is 0 Å². The third-order valence-electron chi connectivity index (χ3n) is 3.83. The number of anilines is 1. The van der Waals surface area contributed by atoms with Crippen LogP contribution in [0.4, 0.5) is 5.82 Å². The highest BCUT2D eigenvalue weighted by molar-refractivity contribution is 5.51. The molecule has 0 saturated carbocycles. The van der Waals surface area contributed by atoms with Crippen LogP contribution in [0, 0.1) is 24.2 Å². The fourth-order valence-corrected chi connectivity index (χ4v) is 2.42. The first-order valence-corrected chi connectivity index (χ1v) is 7.28. The van der Waals surface area contributed by atoms with E-state index in [-0.39, 0.29) is 17.3 Å². The number of nitrogens with zero attached hydrogens (tertiary/aromatic N) is 5.